The second-order valence-corrected chi connectivity index (χ2v) is 9.07. The number of rotatable bonds is 9. The minimum Gasteiger partial charge on any atom is -0.356 e. The first-order valence-electron chi connectivity index (χ1n) is 9.28. The Morgan fingerprint density at radius 2 is 2.04 bits per heavy atom. The van der Waals surface area contributed by atoms with E-state index < -0.39 is 0 Å². The maximum atomic E-state index is 11.9. The van der Waals surface area contributed by atoms with Crippen molar-refractivity contribution in [3.05, 3.63) is 46.4 Å². The molecule has 1 aromatic carbocycles. The van der Waals surface area contributed by atoms with Gasteiger partial charge >= 0.3 is 0 Å². The minimum atomic E-state index is -0.0247. The summed E-state index contributed by atoms with van der Waals surface area (Å²) in [6, 6.07) is 10.3. The van der Waals surface area contributed by atoms with Crippen LogP contribution in [-0.2, 0) is 4.79 Å². The maximum Gasteiger partial charge on any atom is 0.243 e. The fourth-order valence-corrected chi connectivity index (χ4v) is 3.87. The molecule has 0 aliphatic heterocycles. The van der Waals surface area contributed by atoms with Crippen molar-refractivity contribution in [1.82, 2.24) is 20.5 Å². The molecule has 0 saturated heterocycles. The molecule has 1 amide bonds. The van der Waals surface area contributed by atoms with E-state index in [1.807, 2.05) is 24.4 Å². The van der Waals surface area contributed by atoms with Crippen molar-refractivity contribution in [2.75, 3.05) is 39.5 Å². The van der Waals surface area contributed by atoms with Crippen LogP contribution in [0.4, 0.5) is 0 Å². The fraction of sp³-hybridized carbons (Fsp3) is 0.450. The third-order valence-electron chi connectivity index (χ3n) is 3.91. The third kappa shape index (κ3) is 7.90. The topological polar surface area (TPSA) is 69.6 Å². The average Bonchev–Trinajstić information content (AvgIpc) is 3.13. The number of nitrogens with one attached hydrogen (secondary N) is 2. The molecular weight excluding hydrogens is 390 g/mol. The lowest BCUT2D eigenvalue weighted by molar-refractivity contribution is -0.127. The lowest BCUT2D eigenvalue weighted by atomic mass is 10.2. The number of aliphatic imine (C=N–C) groups is 1. The van der Waals surface area contributed by atoms with E-state index in [1.165, 1.54) is 9.77 Å². The van der Waals surface area contributed by atoms with Crippen LogP contribution in [0.1, 0.15) is 22.7 Å². The van der Waals surface area contributed by atoms with Crippen LogP contribution in [-0.4, -0.2) is 61.2 Å². The van der Waals surface area contributed by atoms with E-state index in [0.29, 0.717) is 12.5 Å². The van der Waals surface area contributed by atoms with Crippen molar-refractivity contribution in [1.29, 1.82) is 0 Å². The lowest BCUT2D eigenvalue weighted by Gasteiger charge is -2.16. The second kappa shape index (κ2) is 11.7. The van der Waals surface area contributed by atoms with Gasteiger partial charge in [0.05, 0.1) is 5.01 Å². The molecule has 1 aromatic heterocycles. The van der Waals surface area contributed by atoms with Gasteiger partial charge in [-0.2, -0.15) is 0 Å². The van der Waals surface area contributed by atoms with E-state index in [1.54, 1.807) is 42.1 Å². The molecule has 0 aliphatic carbocycles. The van der Waals surface area contributed by atoms with Gasteiger partial charge < -0.3 is 15.5 Å². The molecule has 0 aliphatic rings. The van der Waals surface area contributed by atoms with Crippen LogP contribution < -0.4 is 10.6 Å². The first-order chi connectivity index (χ1) is 13.5. The summed E-state index contributed by atoms with van der Waals surface area (Å²) in [5.41, 5.74) is 0. The Kier molecular flexibility index (Phi) is 9.30. The lowest BCUT2D eigenvalue weighted by Crippen LogP contribution is -2.41. The number of amides is 1. The largest absolute Gasteiger partial charge is 0.356 e. The number of benzene rings is 1. The third-order valence-corrected chi connectivity index (χ3v) is 6.07. The van der Waals surface area contributed by atoms with Gasteiger partial charge in [-0.3, -0.25) is 4.79 Å². The molecule has 0 radical (unpaired) electrons. The Morgan fingerprint density at radius 3 is 2.68 bits per heavy atom. The molecular formula is C20H29N5OS2. The Labute approximate surface area is 175 Å². The number of hydrogen-bond donors (Lipinski definition) is 2. The highest BCUT2D eigenvalue weighted by atomic mass is 32.2. The summed E-state index contributed by atoms with van der Waals surface area (Å²) in [4.78, 5) is 24.8. The SMILES string of the molecule is Cc1cnc(C(C)CNC(=NCC(=O)N(C)C)NCCSc2ccccc2)s1. The normalized spacial score (nSPS) is 12.5. The molecule has 1 heterocycles. The van der Waals surface area contributed by atoms with Crippen LogP contribution in [0.2, 0.25) is 0 Å². The van der Waals surface area contributed by atoms with Crippen molar-refractivity contribution in [2.24, 2.45) is 4.99 Å². The number of carbonyl (C=O) groups excluding carboxylic acids is 1. The number of hydrogen-bond acceptors (Lipinski definition) is 5. The highest BCUT2D eigenvalue weighted by Gasteiger charge is 2.11. The standard InChI is InChI=1S/C20H29N5OS2/c1-15(19-22-13-16(2)28-19)12-23-20(24-14-18(26)25(3)4)21-10-11-27-17-8-6-5-7-9-17/h5-9,13,15H,10-12,14H2,1-4H3,(H2,21,23,24). The van der Waals surface area contributed by atoms with Crippen molar-refractivity contribution in [3.63, 3.8) is 0 Å². The smallest absolute Gasteiger partial charge is 0.243 e. The van der Waals surface area contributed by atoms with Gasteiger partial charge in [-0.15, -0.1) is 23.1 Å². The van der Waals surface area contributed by atoms with Crippen molar-refractivity contribution >= 4 is 35.0 Å². The molecule has 152 valence electrons. The molecule has 28 heavy (non-hydrogen) atoms. The number of carbonyl (C=O) groups is 1. The van der Waals surface area contributed by atoms with Gasteiger partial charge in [0.1, 0.15) is 6.54 Å². The molecule has 0 fully saturated rings. The fourth-order valence-electron chi connectivity index (χ4n) is 2.25. The molecule has 8 heteroatoms. The molecule has 1 atom stereocenters. The van der Waals surface area contributed by atoms with E-state index in [4.69, 9.17) is 0 Å². The quantitative estimate of drug-likeness (QED) is 0.283. The van der Waals surface area contributed by atoms with Crippen LogP contribution in [0.25, 0.3) is 0 Å². The molecule has 0 saturated carbocycles. The van der Waals surface area contributed by atoms with Crippen molar-refractivity contribution < 1.29 is 4.79 Å². The number of thiazole rings is 1. The van der Waals surface area contributed by atoms with Gasteiger partial charge in [0.15, 0.2) is 5.96 Å². The molecule has 0 bridgehead atoms. The predicted octanol–water partition coefficient (Wildman–Crippen LogP) is 2.97. The molecule has 2 N–H and O–H groups in total. The summed E-state index contributed by atoms with van der Waals surface area (Å²) in [7, 11) is 3.48. The number of guanidine groups is 1. The van der Waals surface area contributed by atoms with Crippen LogP contribution >= 0.6 is 23.1 Å². The predicted molar refractivity (Wildman–Crippen MR) is 119 cm³/mol. The van der Waals surface area contributed by atoms with E-state index in [9.17, 15) is 4.79 Å². The van der Waals surface area contributed by atoms with Crippen molar-refractivity contribution in [2.45, 2.75) is 24.7 Å². The summed E-state index contributed by atoms with van der Waals surface area (Å²) < 4.78 is 0. The van der Waals surface area contributed by atoms with Gasteiger partial charge in [0.25, 0.3) is 0 Å². The summed E-state index contributed by atoms with van der Waals surface area (Å²) in [6.07, 6.45) is 1.90. The van der Waals surface area contributed by atoms with Crippen LogP contribution in [0.3, 0.4) is 0 Å². The first kappa shape index (κ1) is 22.2. The van der Waals surface area contributed by atoms with Gasteiger partial charge in [-0.05, 0) is 19.1 Å². The number of nitrogens with zero attached hydrogens (tertiary/aromatic N) is 3. The number of thioether (sulfide) groups is 1. The Morgan fingerprint density at radius 1 is 1.29 bits per heavy atom. The summed E-state index contributed by atoms with van der Waals surface area (Å²) in [5.74, 6) is 1.81. The van der Waals surface area contributed by atoms with Gasteiger partial charge in [-0.1, -0.05) is 25.1 Å². The molecule has 0 spiro atoms. The summed E-state index contributed by atoms with van der Waals surface area (Å²) >= 11 is 3.50. The highest BCUT2D eigenvalue weighted by Crippen LogP contribution is 2.20. The van der Waals surface area contributed by atoms with Crippen LogP contribution in [0, 0.1) is 6.92 Å². The zero-order valence-electron chi connectivity index (χ0n) is 16.9. The maximum absolute atomic E-state index is 11.9. The Balaban J connectivity index is 1.86. The van der Waals surface area contributed by atoms with Crippen LogP contribution in [0.5, 0.6) is 0 Å². The molecule has 1 unspecified atom stereocenters. The first-order valence-corrected chi connectivity index (χ1v) is 11.1. The monoisotopic (exact) mass is 419 g/mol. The van der Waals surface area contributed by atoms with Gasteiger partial charge in [-0.25, -0.2) is 9.98 Å². The van der Waals surface area contributed by atoms with Crippen molar-refractivity contribution in [3.8, 4) is 0 Å². The van der Waals surface area contributed by atoms with Crippen LogP contribution in [0.15, 0.2) is 46.4 Å². The Bertz CT molecular complexity index is 761. The van der Waals surface area contributed by atoms with E-state index in [0.717, 1.165) is 17.3 Å². The summed E-state index contributed by atoms with van der Waals surface area (Å²) in [5, 5.41) is 7.78. The van der Waals surface area contributed by atoms with Gasteiger partial charge in [0.2, 0.25) is 5.91 Å². The van der Waals surface area contributed by atoms with E-state index in [2.05, 4.69) is 46.6 Å². The molecule has 2 aromatic rings. The average molecular weight is 420 g/mol. The van der Waals surface area contributed by atoms with E-state index in [-0.39, 0.29) is 18.4 Å². The van der Waals surface area contributed by atoms with E-state index >= 15 is 0 Å². The second-order valence-electron chi connectivity index (χ2n) is 6.63. The zero-order chi connectivity index (χ0) is 20.4. The minimum absolute atomic E-state index is 0.0247. The highest BCUT2D eigenvalue weighted by molar-refractivity contribution is 7.99. The number of aryl methyl sites for hydroxylation is 1. The number of likely N-dealkylation sites (N-methyl/N-ethyl adjacent to an activating group) is 1. The molecule has 2 rings (SSSR count). The molecule has 6 nitrogen and oxygen atoms in total. The zero-order valence-corrected chi connectivity index (χ0v) is 18.6. The van der Waals surface area contributed by atoms with Gasteiger partial charge in [0, 0.05) is 54.8 Å². The number of aromatic nitrogens is 1. The Hall–Kier alpha value is -2.06. The summed E-state index contributed by atoms with van der Waals surface area (Å²) in [6.45, 7) is 5.79.